The van der Waals surface area contributed by atoms with Gasteiger partial charge in [-0.3, -0.25) is 14.3 Å². The molecular formula is C13H11BrN4O2. The molecule has 0 unspecified atom stereocenters. The number of halogens is 1. The van der Waals surface area contributed by atoms with Crippen molar-refractivity contribution in [3.63, 3.8) is 0 Å². The molecule has 0 spiro atoms. The second kappa shape index (κ2) is 4.53. The van der Waals surface area contributed by atoms with E-state index >= 15 is 0 Å². The van der Waals surface area contributed by atoms with Gasteiger partial charge in [0.25, 0.3) is 11.8 Å². The van der Waals surface area contributed by atoms with Crippen LogP contribution in [0.25, 0.3) is 0 Å². The molecule has 2 aromatic rings. The van der Waals surface area contributed by atoms with Gasteiger partial charge in [0.05, 0.1) is 17.3 Å². The normalized spacial score (nSPS) is 14.1. The van der Waals surface area contributed by atoms with Crippen molar-refractivity contribution < 1.29 is 9.59 Å². The molecule has 0 saturated carbocycles. The van der Waals surface area contributed by atoms with Gasteiger partial charge in [-0.2, -0.15) is 5.10 Å². The number of aromatic nitrogens is 2. The van der Waals surface area contributed by atoms with Crippen LogP contribution in [-0.2, 0) is 13.6 Å². The number of rotatable bonds is 2. The lowest BCUT2D eigenvalue weighted by molar-refractivity contribution is 0.0923. The van der Waals surface area contributed by atoms with Crippen LogP contribution in [0.4, 0.5) is 5.82 Å². The SMILES string of the molecule is Cn1ncc(CN)c1N1C(=O)c2ccc(Br)cc2C1=O. The molecule has 1 aliphatic rings. The summed E-state index contributed by atoms with van der Waals surface area (Å²) in [5.41, 5.74) is 7.07. The predicted molar refractivity (Wildman–Crippen MR) is 76.4 cm³/mol. The zero-order chi connectivity index (χ0) is 14.4. The lowest BCUT2D eigenvalue weighted by Crippen LogP contribution is -2.32. The molecule has 0 fully saturated rings. The van der Waals surface area contributed by atoms with Crippen molar-refractivity contribution in [1.29, 1.82) is 0 Å². The third-order valence-corrected chi connectivity index (χ3v) is 3.75. The molecule has 2 amide bonds. The average Bonchev–Trinajstić information content (AvgIpc) is 2.89. The number of aryl methyl sites for hydroxylation is 1. The summed E-state index contributed by atoms with van der Waals surface area (Å²) in [6.45, 7) is 0.209. The molecule has 1 aromatic carbocycles. The van der Waals surface area contributed by atoms with Gasteiger partial charge in [-0.1, -0.05) is 15.9 Å². The maximum Gasteiger partial charge on any atom is 0.267 e. The van der Waals surface area contributed by atoms with Crippen LogP contribution in [0.3, 0.4) is 0 Å². The Kier molecular flexibility index (Phi) is 2.95. The number of imide groups is 1. The summed E-state index contributed by atoms with van der Waals surface area (Å²) >= 11 is 3.30. The van der Waals surface area contributed by atoms with Crippen LogP contribution in [0.2, 0.25) is 0 Å². The molecule has 0 radical (unpaired) electrons. The Bertz CT molecular complexity index is 738. The number of amides is 2. The molecule has 0 aliphatic carbocycles. The Hall–Kier alpha value is -1.99. The van der Waals surface area contributed by atoms with Gasteiger partial charge < -0.3 is 5.73 Å². The number of carbonyl (C=O) groups is 2. The maximum absolute atomic E-state index is 12.5. The zero-order valence-electron chi connectivity index (χ0n) is 10.6. The summed E-state index contributed by atoms with van der Waals surface area (Å²) in [6, 6.07) is 5.02. The van der Waals surface area contributed by atoms with Crippen LogP contribution >= 0.6 is 15.9 Å². The Balaban J connectivity index is 2.17. The molecule has 2 heterocycles. The molecular weight excluding hydrogens is 324 g/mol. The molecule has 2 N–H and O–H groups in total. The first kappa shape index (κ1) is 13.0. The largest absolute Gasteiger partial charge is 0.326 e. The maximum atomic E-state index is 12.5. The zero-order valence-corrected chi connectivity index (χ0v) is 12.2. The van der Waals surface area contributed by atoms with Gasteiger partial charge in [0.15, 0.2) is 0 Å². The minimum atomic E-state index is -0.357. The number of hydrogen-bond donors (Lipinski definition) is 1. The van der Waals surface area contributed by atoms with E-state index in [4.69, 9.17) is 5.73 Å². The van der Waals surface area contributed by atoms with Crippen molar-refractivity contribution in [3.8, 4) is 0 Å². The Labute approximate surface area is 123 Å². The van der Waals surface area contributed by atoms with E-state index in [0.717, 1.165) is 9.37 Å². The lowest BCUT2D eigenvalue weighted by atomic mass is 10.1. The van der Waals surface area contributed by atoms with Crippen LogP contribution in [0, 0.1) is 0 Å². The second-order valence-corrected chi connectivity index (χ2v) is 5.37. The molecule has 0 atom stereocenters. The summed E-state index contributed by atoms with van der Waals surface area (Å²) in [5, 5.41) is 4.06. The van der Waals surface area contributed by atoms with Crippen LogP contribution in [0.15, 0.2) is 28.9 Å². The minimum absolute atomic E-state index is 0.209. The predicted octanol–water partition coefficient (Wildman–Crippen LogP) is 1.44. The number of benzene rings is 1. The van der Waals surface area contributed by atoms with Crippen LogP contribution < -0.4 is 10.6 Å². The highest BCUT2D eigenvalue weighted by atomic mass is 79.9. The number of fused-ring (bicyclic) bond motifs is 1. The van der Waals surface area contributed by atoms with Gasteiger partial charge in [0, 0.05) is 23.6 Å². The van der Waals surface area contributed by atoms with Gasteiger partial charge in [-0.25, -0.2) is 4.90 Å². The van der Waals surface area contributed by atoms with Crippen molar-refractivity contribution >= 4 is 33.6 Å². The minimum Gasteiger partial charge on any atom is -0.326 e. The fourth-order valence-electron chi connectivity index (χ4n) is 2.31. The molecule has 20 heavy (non-hydrogen) atoms. The summed E-state index contributed by atoms with van der Waals surface area (Å²) < 4.78 is 2.24. The lowest BCUT2D eigenvalue weighted by Gasteiger charge is -2.15. The van der Waals surface area contributed by atoms with Gasteiger partial charge in [0.1, 0.15) is 5.82 Å². The Morgan fingerprint density at radius 3 is 2.65 bits per heavy atom. The van der Waals surface area contributed by atoms with Crippen LogP contribution in [0.5, 0.6) is 0 Å². The van der Waals surface area contributed by atoms with E-state index in [1.54, 1.807) is 31.4 Å². The third-order valence-electron chi connectivity index (χ3n) is 3.26. The van der Waals surface area contributed by atoms with E-state index in [-0.39, 0.29) is 18.4 Å². The highest BCUT2D eigenvalue weighted by Gasteiger charge is 2.39. The van der Waals surface area contributed by atoms with E-state index in [0.29, 0.717) is 22.5 Å². The summed E-state index contributed by atoms with van der Waals surface area (Å²) in [5.74, 6) is -0.282. The van der Waals surface area contributed by atoms with Crippen molar-refractivity contribution in [3.05, 3.63) is 45.6 Å². The molecule has 3 rings (SSSR count). The highest BCUT2D eigenvalue weighted by Crippen LogP contribution is 2.31. The smallest absolute Gasteiger partial charge is 0.267 e. The van der Waals surface area contributed by atoms with Crippen molar-refractivity contribution in [2.24, 2.45) is 12.8 Å². The summed E-state index contributed by atoms with van der Waals surface area (Å²) in [4.78, 5) is 26.1. The Morgan fingerprint density at radius 2 is 1.95 bits per heavy atom. The summed E-state index contributed by atoms with van der Waals surface area (Å²) in [6.07, 6.45) is 1.56. The first-order valence-electron chi connectivity index (χ1n) is 5.94. The number of anilines is 1. The van der Waals surface area contributed by atoms with Crippen molar-refractivity contribution in [1.82, 2.24) is 9.78 Å². The van der Waals surface area contributed by atoms with Crippen LogP contribution in [0.1, 0.15) is 26.3 Å². The fraction of sp³-hybridized carbons (Fsp3) is 0.154. The second-order valence-electron chi connectivity index (χ2n) is 4.46. The molecule has 6 nitrogen and oxygen atoms in total. The number of carbonyl (C=O) groups excluding carboxylic acids is 2. The van der Waals surface area contributed by atoms with Gasteiger partial charge in [-0.05, 0) is 18.2 Å². The van der Waals surface area contributed by atoms with Crippen molar-refractivity contribution in [2.45, 2.75) is 6.54 Å². The topological polar surface area (TPSA) is 81.2 Å². The third kappa shape index (κ3) is 1.70. The standard InChI is InChI=1S/C13H11BrN4O2/c1-17-11(7(5-15)6-16-17)18-12(19)9-3-2-8(14)4-10(9)13(18)20/h2-4,6H,5,15H2,1H3. The Morgan fingerprint density at radius 1 is 1.25 bits per heavy atom. The number of nitrogens with zero attached hydrogens (tertiary/aromatic N) is 3. The van der Waals surface area contributed by atoms with Gasteiger partial charge in [-0.15, -0.1) is 0 Å². The highest BCUT2D eigenvalue weighted by molar-refractivity contribution is 9.10. The van der Waals surface area contributed by atoms with Gasteiger partial charge in [0.2, 0.25) is 0 Å². The molecule has 7 heteroatoms. The van der Waals surface area contributed by atoms with E-state index in [1.807, 2.05) is 0 Å². The van der Waals surface area contributed by atoms with E-state index in [1.165, 1.54) is 4.68 Å². The van der Waals surface area contributed by atoms with E-state index < -0.39 is 0 Å². The summed E-state index contributed by atoms with van der Waals surface area (Å²) in [7, 11) is 1.67. The van der Waals surface area contributed by atoms with Crippen LogP contribution in [-0.4, -0.2) is 21.6 Å². The first-order valence-corrected chi connectivity index (χ1v) is 6.73. The molecule has 0 saturated heterocycles. The number of nitrogens with two attached hydrogens (primary N) is 1. The van der Waals surface area contributed by atoms with E-state index in [9.17, 15) is 9.59 Å². The average molecular weight is 335 g/mol. The molecule has 1 aromatic heterocycles. The van der Waals surface area contributed by atoms with E-state index in [2.05, 4.69) is 21.0 Å². The monoisotopic (exact) mass is 334 g/mol. The van der Waals surface area contributed by atoms with Gasteiger partial charge >= 0.3 is 0 Å². The fourth-order valence-corrected chi connectivity index (χ4v) is 2.68. The molecule has 102 valence electrons. The molecule has 1 aliphatic heterocycles. The quantitative estimate of drug-likeness (QED) is 0.842. The number of hydrogen-bond acceptors (Lipinski definition) is 4. The first-order chi connectivity index (χ1) is 9.54. The molecule has 0 bridgehead atoms. The van der Waals surface area contributed by atoms with Crippen molar-refractivity contribution in [2.75, 3.05) is 4.90 Å².